The minimum Gasteiger partial charge on any atom is -0.494 e. The van der Waals surface area contributed by atoms with Gasteiger partial charge in [-0.05, 0) is 19.1 Å². The van der Waals surface area contributed by atoms with E-state index in [1.54, 1.807) is 6.92 Å². The maximum atomic E-state index is 11.7. The fraction of sp³-hybridized carbons (Fsp3) is 0.200. The summed E-state index contributed by atoms with van der Waals surface area (Å²) >= 11 is 16.5. The van der Waals surface area contributed by atoms with Crippen LogP contribution in [0.3, 0.4) is 0 Å². The molecule has 7 heteroatoms. The number of benzene rings is 1. The molecule has 1 N–H and O–H groups in total. The van der Waals surface area contributed by atoms with Crippen molar-refractivity contribution in [1.82, 2.24) is 5.48 Å². The van der Waals surface area contributed by atoms with Crippen molar-refractivity contribution >= 4 is 46.4 Å². The van der Waals surface area contributed by atoms with E-state index >= 15 is 0 Å². The third-order valence-electron chi connectivity index (χ3n) is 1.75. The van der Waals surface area contributed by atoms with Crippen molar-refractivity contribution in [3.63, 3.8) is 0 Å². The first-order valence-corrected chi connectivity index (χ1v) is 5.63. The number of hydrogen-bond donors (Lipinski definition) is 1. The lowest BCUT2D eigenvalue weighted by Gasteiger charge is -2.11. The zero-order chi connectivity index (χ0) is 13.0. The molecule has 0 saturated heterocycles. The molecule has 0 amide bonds. The molecule has 0 aliphatic heterocycles. The van der Waals surface area contributed by atoms with Crippen LogP contribution in [0.15, 0.2) is 12.1 Å². The van der Waals surface area contributed by atoms with Crippen molar-refractivity contribution in [3.8, 4) is 5.75 Å². The Bertz CT molecular complexity index is 465. The van der Waals surface area contributed by atoms with E-state index in [0.717, 1.165) is 0 Å². The Morgan fingerprint density at radius 2 is 1.94 bits per heavy atom. The lowest BCUT2D eigenvalue weighted by Crippen LogP contribution is -2.23. The highest BCUT2D eigenvalue weighted by atomic mass is 35.5. The van der Waals surface area contributed by atoms with Crippen molar-refractivity contribution in [2.75, 3.05) is 7.11 Å². The molecule has 1 rings (SSSR count). The van der Waals surface area contributed by atoms with E-state index in [9.17, 15) is 4.79 Å². The first-order chi connectivity index (χ1) is 7.97. The second-order valence-corrected chi connectivity index (χ2v) is 4.41. The topological polar surface area (TPSA) is 47.6 Å². The highest BCUT2D eigenvalue weighted by molar-refractivity contribution is 7.80. The quantitative estimate of drug-likeness (QED) is 0.671. The van der Waals surface area contributed by atoms with Gasteiger partial charge in [-0.25, -0.2) is 10.3 Å². The lowest BCUT2D eigenvalue weighted by molar-refractivity contribution is 0.0386. The zero-order valence-electron chi connectivity index (χ0n) is 9.04. The number of halogens is 2. The summed E-state index contributed by atoms with van der Waals surface area (Å²) in [4.78, 5) is 16.8. The van der Waals surface area contributed by atoms with Crippen LogP contribution in [0.4, 0.5) is 0 Å². The maximum Gasteiger partial charge on any atom is 0.368 e. The molecule has 0 radical (unpaired) electrons. The molecule has 0 spiro atoms. The van der Waals surface area contributed by atoms with Crippen LogP contribution in [-0.4, -0.2) is 18.1 Å². The fourth-order valence-electron chi connectivity index (χ4n) is 1.09. The predicted octanol–water partition coefficient (Wildman–Crippen LogP) is 3.01. The molecule has 0 fully saturated rings. The van der Waals surface area contributed by atoms with Crippen molar-refractivity contribution in [3.05, 3.63) is 27.7 Å². The number of carbonyl (C=O) groups is 1. The van der Waals surface area contributed by atoms with Gasteiger partial charge < -0.3 is 9.57 Å². The first-order valence-electron chi connectivity index (χ1n) is 4.47. The molecular weight excluding hydrogens is 285 g/mol. The Balaban J connectivity index is 3.07. The minimum atomic E-state index is -0.724. The van der Waals surface area contributed by atoms with E-state index in [0.29, 0.717) is 4.99 Å². The smallest absolute Gasteiger partial charge is 0.368 e. The van der Waals surface area contributed by atoms with E-state index in [1.807, 2.05) is 0 Å². The van der Waals surface area contributed by atoms with Crippen LogP contribution in [0.5, 0.6) is 5.75 Å². The Labute approximate surface area is 114 Å². The largest absolute Gasteiger partial charge is 0.494 e. The van der Waals surface area contributed by atoms with Crippen LogP contribution in [0, 0.1) is 0 Å². The third-order valence-corrected chi connectivity index (χ3v) is 2.45. The average Bonchev–Trinajstić information content (AvgIpc) is 2.28. The average molecular weight is 294 g/mol. The van der Waals surface area contributed by atoms with Gasteiger partial charge in [0.2, 0.25) is 0 Å². The van der Waals surface area contributed by atoms with Crippen LogP contribution in [-0.2, 0) is 4.84 Å². The molecule has 0 aromatic heterocycles. The molecule has 0 unspecified atom stereocenters. The number of hydrogen-bond acceptors (Lipinski definition) is 4. The summed E-state index contributed by atoms with van der Waals surface area (Å²) in [6.45, 7) is 1.57. The molecule has 4 nitrogen and oxygen atoms in total. The van der Waals surface area contributed by atoms with E-state index in [2.05, 4.69) is 5.48 Å². The van der Waals surface area contributed by atoms with Crippen LogP contribution in [0.1, 0.15) is 17.3 Å². The second-order valence-electron chi connectivity index (χ2n) is 2.99. The van der Waals surface area contributed by atoms with Crippen LogP contribution in [0.25, 0.3) is 0 Å². The minimum absolute atomic E-state index is 0.0467. The van der Waals surface area contributed by atoms with Gasteiger partial charge >= 0.3 is 5.97 Å². The highest BCUT2D eigenvalue weighted by Gasteiger charge is 2.21. The van der Waals surface area contributed by atoms with E-state index < -0.39 is 5.97 Å². The van der Waals surface area contributed by atoms with Gasteiger partial charge in [-0.2, -0.15) is 0 Å². The first kappa shape index (κ1) is 14.0. The summed E-state index contributed by atoms with van der Waals surface area (Å²) in [5.74, 6) is -0.563. The molecule has 0 saturated carbocycles. The van der Waals surface area contributed by atoms with Crippen molar-refractivity contribution in [1.29, 1.82) is 0 Å². The summed E-state index contributed by atoms with van der Waals surface area (Å²) in [7, 11) is 1.38. The molecule has 92 valence electrons. The van der Waals surface area contributed by atoms with E-state index in [-0.39, 0.29) is 21.4 Å². The molecule has 1 aromatic rings. The monoisotopic (exact) mass is 293 g/mol. The maximum absolute atomic E-state index is 11.7. The van der Waals surface area contributed by atoms with Crippen LogP contribution < -0.4 is 10.2 Å². The molecule has 1 aromatic carbocycles. The summed E-state index contributed by atoms with van der Waals surface area (Å²) in [5.41, 5.74) is 2.31. The number of nitrogens with one attached hydrogen (secondary N) is 1. The standard InChI is InChI=1S/C10H9Cl2NO3S/c1-5(17)13-16-10(14)8-6(11)3-4-7(12)9(8)15-2/h3-4H,1-2H3,(H,13,17). The summed E-state index contributed by atoms with van der Waals surface area (Å²) in [5, 5.41) is 0.447. The fourth-order valence-corrected chi connectivity index (χ4v) is 1.59. The molecular formula is C10H9Cl2NO3S. The van der Waals surface area contributed by atoms with Gasteiger partial charge in [0, 0.05) is 0 Å². The number of ether oxygens (including phenoxy) is 1. The normalized spacial score (nSPS) is 9.65. The zero-order valence-corrected chi connectivity index (χ0v) is 11.4. The van der Waals surface area contributed by atoms with Gasteiger partial charge in [0.05, 0.1) is 17.2 Å². The number of methoxy groups -OCH3 is 1. The Morgan fingerprint density at radius 1 is 1.35 bits per heavy atom. The van der Waals surface area contributed by atoms with Gasteiger partial charge in [-0.1, -0.05) is 35.4 Å². The van der Waals surface area contributed by atoms with Crippen LogP contribution in [0.2, 0.25) is 10.0 Å². The van der Waals surface area contributed by atoms with Crippen molar-refractivity contribution in [2.45, 2.75) is 6.92 Å². The molecule has 17 heavy (non-hydrogen) atoms. The predicted molar refractivity (Wildman–Crippen MR) is 69.8 cm³/mol. The van der Waals surface area contributed by atoms with E-state index in [1.165, 1.54) is 19.2 Å². The van der Waals surface area contributed by atoms with Gasteiger partial charge in [0.1, 0.15) is 10.6 Å². The Morgan fingerprint density at radius 3 is 2.47 bits per heavy atom. The molecule has 0 bridgehead atoms. The molecule has 0 aliphatic rings. The Kier molecular flexibility index (Phi) is 4.99. The number of hydroxylamine groups is 1. The third kappa shape index (κ3) is 3.46. The van der Waals surface area contributed by atoms with Gasteiger partial charge in [-0.3, -0.25) is 0 Å². The summed E-state index contributed by atoms with van der Waals surface area (Å²) in [6, 6.07) is 3.00. The van der Waals surface area contributed by atoms with Crippen molar-refractivity contribution in [2.24, 2.45) is 0 Å². The number of thiocarbonyl (C=S) groups is 1. The van der Waals surface area contributed by atoms with Gasteiger partial charge in [-0.15, -0.1) is 0 Å². The van der Waals surface area contributed by atoms with E-state index in [4.69, 9.17) is 45.0 Å². The molecule has 0 atom stereocenters. The van der Waals surface area contributed by atoms with Crippen molar-refractivity contribution < 1.29 is 14.4 Å². The summed E-state index contributed by atoms with van der Waals surface area (Å²) < 4.78 is 5.01. The van der Waals surface area contributed by atoms with Crippen LogP contribution >= 0.6 is 35.4 Å². The SMILES string of the molecule is COc1c(Cl)ccc(Cl)c1C(=O)ONC(C)=S. The molecule has 0 heterocycles. The lowest BCUT2D eigenvalue weighted by atomic mass is 10.2. The Hall–Kier alpha value is -1.04. The number of rotatable bonds is 2. The number of carbonyl (C=O) groups excluding carboxylic acids is 1. The summed E-state index contributed by atoms with van der Waals surface area (Å²) in [6.07, 6.45) is 0. The molecule has 0 aliphatic carbocycles. The van der Waals surface area contributed by atoms with Gasteiger partial charge in [0.15, 0.2) is 5.75 Å². The van der Waals surface area contributed by atoms with Gasteiger partial charge in [0.25, 0.3) is 0 Å². The second kappa shape index (κ2) is 6.05. The highest BCUT2D eigenvalue weighted by Crippen LogP contribution is 2.34.